The molecule has 0 aromatic carbocycles. The summed E-state index contributed by atoms with van der Waals surface area (Å²) in [5.74, 6) is -0.732. The normalized spacial score (nSPS) is 9.57. The first-order chi connectivity index (χ1) is 6.56. The van der Waals surface area contributed by atoms with Gasteiger partial charge in [0, 0.05) is 6.07 Å². The third-order valence-electron chi connectivity index (χ3n) is 1.42. The first-order valence-electron chi connectivity index (χ1n) is 3.44. The molecule has 0 fully saturated rings. The van der Waals surface area contributed by atoms with Gasteiger partial charge in [0.25, 0.3) is 5.69 Å². The molecule has 0 aliphatic heterocycles. The number of carbonyl (C=O) groups is 1. The van der Waals surface area contributed by atoms with E-state index >= 15 is 0 Å². The van der Waals surface area contributed by atoms with Crippen LogP contribution in [0.5, 0.6) is 0 Å². The number of halogens is 1. The summed E-state index contributed by atoms with van der Waals surface area (Å²) in [7, 11) is 1.17. The zero-order chi connectivity index (χ0) is 10.7. The predicted octanol–water partition coefficient (Wildman–Crippen LogP) is 1.43. The van der Waals surface area contributed by atoms with Crippen molar-refractivity contribution in [3.8, 4) is 0 Å². The highest BCUT2D eigenvalue weighted by Crippen LogP contribution is 2.20. The molecule has 6 nitrogen and oxygen atoms in total. The molecule has 0 saturated heterocycles. The Morgan fingerprint density at radius 1 is 1.71 bits per heavy atom. The molecule has 1 aromatic rings. The molecular formula is C7H5ClN2O4. The van der Waals surface area contributed by atoms with Crippen LogP contribution in [0.3, 0.4) is 0 Å². The number of methoxy groups -OCH3 is 1. The van der Waals surface area contributed by atoms with Crippen LogP contribution in [0.25, 0.3) is 0 Å². The summed E-state index contributed by atoms with van der Waals surface area (Å²) < 4.78 is 4.36. The summed E-state index contributed by atoms with van der Waals surface area (Å²) in [6.07, 6.45) is 0.943. The molecule has 0 saturated carbocycles. The van der Waals surface area contributed by atoms with Crippen molar-refractivity contribution in [3.63, 3.8) is 0 Å². The lowest BCUT2D eigenvalue weighted by Gasteiger charge is -1.99. The molecule has 7 heteroatoms. The highest BCUT2D eigenvalue weighted by atomic mass is 35.5. The van der Waals surface area contributed by atoms with Gasteiger partial charge in [-0.3, -0.25) is 10.1 Å². The van der Waals surface area contributed by atoms with Crippen LogP contribution in [-0.4, -0.2) is 23.0 Å². The van der Waals surface area contributed by atoms with Gasteiger partial charge >= 0.3 is 5.97 Å². The van der Waals surface area contributed by atoms with Crippen molar-refractivity contribution in [2.24, 2.45) is 0 Å². The Morgan fingerprint density at radius 3 is 2.79 bits per heavy atom. The molecule has 1 rings (SSSR count). The third kappa shape index (κ3) is 1.97. The van der Waals surface area contributed by atoms with Crippen LogP contribution in [-0.2, 0) is 4.74 Å². The number of ether oxygens (including phenoxy) is 1. The van der Waals surface area contributed by atoms with Crippen molar-refractivity contribution >= 4 is 23.3 Å². The number of aromatic nitrogens is 1. The lowest BCUT2D eigenvalue weighted by atomic mass is 10.3. The largest absolute Gasteiger partial charge is 0.464 e. The Labute approximate surface area is 83.6 Å². The fourth-order valence-corrected chi connectivity index (χ4v) is 1.01. The van der Waals surface area contributed by atoms with Crippen LogP contribution in [0, 0.1) is 10.1 Å². The smallest absolute Gasteiger partial charge is 0.358 e. The minimum absolute atomic E-state index is 0.106. The quantitative estimate of drug-likeness (QED) is 0.424. The van der Waals surface area contributed by atoms with Crippen LogP contribution < -0.4 is 0 Å². The fraction of sp³-hybridized carbons (Fsp3) is 0.143. The topological polar surface area (TPSA) is 82.3 Å². The number of pyridine rings is 1. The van der Waals surface area contributed by atoms with Crippen molar-refractivity contribution in [1.29, 1.82) is 0 Å². The first kappa shape index (κ1) is 10.4. The average molecular weight is 217 g/mol. The zero-order valence-electron chi connectivity index (χ0n) is 7.06. The Kier molecular flexibility index (Phi) is 2.98. The molecule has 0 aliphatic rings. The van der Waals surface area contributed by atoms with Crippen LogP contribution in [0.15, 0.2) is 12.3 Å². The van der Waals surface area contributed by atoms with Crippen molar-refractivity contribution in [1.82, 2.24) is 4.98 Å². The Hall–Kier alpha value is -1.69. The fourth-order valence-electron chi connectivity index (χ4n) is 0.775. The third-order valence-corrected chi connectivity index (χ3v) is 1.70. The molecule has 1 heterocycles. The van der Waals surface area contributed by atoms with E-state index in [1.165, 1.54) is 7.11 Å². The van der Waals surface area contributed by atoms with Gasteiger partial charge in [-0.1, -0.05) is 11.6 Å². The van der Waals surface area contributed by atoms with Crippen LogP contribution >= 0.6 is 11.6 Å². The van der Waals surface area contributed by atoms with Crippen molar-refractivity contribution < 1.29 is 14.5 Å². The summed E-state index contributed by atoms with van der Waals surface area (Å²) in [5, 5.41) is 10.2. The number of esters is 1. The van der Waals surface area contributed by atoms with Gasteiger partial charge in [-0.15, -0.1) is 0 Å². The summed E-state index contributed by atoms with van der Waals surface area (Å²) in [5.41, 5.74) is -0.414. The van der Waals surface area contributed by atoms with Gasteiger partial charge in [0.05, 0.1) is 17.1 Å². The van der Waals surface area contributed by atoms with E-state index in [0.717, 1.165) is 12.3 Å². The van der Waals surface area contributed by atoms with Gasteiger partial charge in [-0.25, -0.2) is 9.78 Å². The summed E-state index contributed by atoms with van der Waals surface area (Å²) >= 11 is 5.58. The van der Waals surface area contributed by atoms with E-state index in [1.54, 1.807) is 0 Å². The standard InChI is InChI=1S/C7H5ClN2O4/c1-14-7(11)6-5(8)2-4(3-9-6)10(12)13/h2-3H,1H3. The van der Waals surface area contributed by atoms with Crippen LogP contribution in [0.2, 0.25) is 5.02 Å². The molecule has 0 aliphatic carbocycles. The highest BCUT2D eigenvalue weighted by molar-refractivity contribution is 6.33. The molecule has 0 amide bonds. The van der Waals surface area contributed by atoms with Crippen molar-refractivity contribution in [3.05, 3.63) is 33.1 Å². The molecule has 0 bridgehead atoms. The summed E-state index contributed by atoms with van der Waals surface area (Å²) in [6, 6.07) is 1.04. The SMILES string of the molecule is COC(=O)c1ncc([N+](=O)[O-])cc1Cl. The second-order valence-electron chi connectivity index (χ2n) is 2.27. The van der Waals surface area contributed by atoms with Gasteiger partial charge < -0.3 is 4.74 Å². The maximum absolute atomic E-state index is 11.0. The average Bonchev–Trinajstić information content (AvgIpc) is 2.16. The number of rotatable bonds is 2. The molecule has 1 aromatic heterocycles. The van der Waals surface area contributed by atoms with Gasteiger partial charge in [-0.05, 0) is 0 Å². The Bertz CT molecular complexity index is 393. The van der Waals surface area contributed by atoms with Crippen LogP contribution in [0.4, 0.5) is 5.69 Å². The molecular weight excluding hydrogens is 212 g/mol. The van der Waals surface area contributed by atoms with E-state index in [1.807, 2.05) is 0 Å². The van der Waals surface area contributed by atoms with Gasteiger partial charge in [-0.2, -0.15) is 0 Å². The van der Waals surface area contributed by atoms with E-state index in [-0.39, 0.29) is 16.4 Å². The number of hydrogen-bond donors (Lipinski definition) is 0. The Morgan fingerprint density at radius 2 is 2.36 bits per heavy atom. The first-order valence-corrected chi connectivity index (χ1v) is 3.82. The van der Waals surface area contributed by atoms with Crippen molar-refractivity contribution in [2.45, 2.75) is 0 Å². The van der Waals surface area contributed by atoms with E-state index in [4.69, 9.17) is 11.6 Å². The second kappa shape index (κ2) is 4.01. The number of nitrogens with zero attached hydrogens (tertiary/aromatic N) is 2. The number of hydrogen-bond acceptors (Lipinski definition) is 5. The molecule has 0 N–H and O–H groups in total. The molecule has 74 valence electrons. The molecule has 14 heavy (non-hydrogen) atoms. The minimum atomic E-state index is -0.732. The zero-order valence-corrected chi connectivity index (χ0v) is 7.82. The molecule has 0 spiro atoms. The van der Waals surface area contributed by atoms with Gasteiger partial charge in [0.1, 0.15) is 6.20 Å². The monoisotopic (exact) mass is 216 g/mol. The van der Waals surface area contributed by atoms with E-state index < -0.39 is 10.9 Å². The number of nitro groups is 1. The minimum Gasteiger partial charge on any atom is -0.464 e. The maximum atomic E-state index is 11.0. The predicted molar refractivity (Wildman–Crippen MR) is 47.2 cm³/mol. The summed E-state index contributed by atoms with van der Waals surface area (Å²) in [6.45, 7) is 0. The van der Waals surface area contributed by atoms with E-state index in [0.29, 0.717) is 0 Å². The molecule has 0 atom stereocenters. The molecule has 0 unspecified atom stereocenters. The van der Waals surface area contributed by atoms with Gasteiger partial charge in [0.2, 0.25) is 0 Å². The number of carbonyl (C=O) groups excluding carboxylic acids is 1. The van der Waals surface area contributed by atoms with Crippen LogP contribution in [0.1, 0.15) is 10.5 Å². The van der Waals surface area contributed by atoms with Gasteiger partial charge in [0.15, 0.2) is 5.69 Å². The summed E-state index contributed by atoms with van der Waals surface area (Å²) in [4.78, 5) is 24.1. The maximum Gasteiger partial charge on any atom is 0.358 e. The lowest BCUT2D eigenvalue weighted by Crippen LogP contribution is -2.05. The second-order valence-corrected chi connectivity index (χ2v) is 2.68. The lowest BCUT2D eigenvalue weighted by molar-refractivity contribution is -0.385. The molecule has 0 radical (unpaired) electrons. The highest BCUT2D eigenvalue weighted by Gasteiger charge is 2.16. The van der Waals surface area contributed by atoms with E-state index in [9.17, 15) is 14.9 Å². The van der Waals surface area contributed by atoms with E-state index in [2.05, 4.69) is 9.72 Å². The Balaban J connectivity index is 3.14. The van der Waals surface area contributed by atoms with Crippen molar-refractivity contribution in [2.75, 3.05) is 7.11 Å².